The predicted molar refractivity (Wildman–Crippen MR) is 84.5 cm³/mol. The van der Waals surface area contributed by atoms with Crippen molar-refractivity contribution in [3.63, 3.8) is 0 Å². The molecule has 1 aliphatic heterocycles. The fraction of sp³-hybridized carbons (Fsp3) is 0.688. The molecule has 5 heteroatoms. The molecule has 0 bridgehead atoms. The monoisotopic (exact) mass is 311 g/mol. The molecule has 21 heavy (non-hydrogen) atoms. The first-order chi connectivity index (χ1) is 10.1. The Morgan fingerprint density at radius 1 is 1.67 bits per heavy atom. The average Bonchev–Trinajstić information content (AvgIpc) is 3.01. The summed E-state index contributed by atoms with van der Waals surface area (Å²) in [6, 6.07) is 4.50. The Kier molecular flexibility index (Phi) is 5.79. The van der Waals surface area contributed by atoms with Gasteiger partial charge in [0.2, 0.25) is 0 Å². The molecule has 4 nitrogen and oxygen atoms in total. The van der Waals surface area contributed by atoms with Gasteiger partial charge in [0.1, 0.15) is 0 Å². The van der Waals surface area contributed by atoms with Crippen LogP contribution >= 0.6 is 11.3 Å². The third-order valence-corrected chi connectivity index (χ3v) is 5.25. The predicted octanol–water partition coefficient (Wildman–Crippen LogP) is 3.29. The fourth-order valence-corrected chi connectivity index (χ4v) is 3.57. The first-order valence-corrected chi connectivity index (χ1v) is 8.44. The van der Waals surface area contributed by atoms with E-state index < -0.39 is 0 Å². The second-order valence-corrected chi connectivity index (χ2v) is 6.84. The third-order valence-electron chi connectivity index (χ3n) is 4.26. The highest BCUT2D eigenvalue weighted by Crippen LogP contribution is 2.30. The van der Waals surface area contributed by atoms with Gasteiger partial charge in [-0.2, -0.15) is 0 Å². The van der Waals surface area contributed by atoms with Crippen molar-refractivity contribution in [3.8, 4) is 0 Å². The number of rotatable bonds is 6. The largest absolute Gasteiger partial charge is 0.469 e. The van der Waals surface area contributed by atoms with Crippen molar-refractivity contribution < 1.29 is 14.3 Å². The van der Waals surface area contributed by atoms with Gasteiger partial charge in [0.25, 0.3) is 0 Å². The van der Waals surface area contributed by atoms with Crippen LogP contribution in [0.4, 0.5) is 0 Å². The minimum atomic E-state index is -0.175. The van der Waals surface area contributed by atoms with Gasteiger partial charge < -0.3 is 14.8 Å². The maximum Gasteiger partial charge on any atom is 0.307 e. The normalized spacial score (nSPS) is 27.3. The molecule has 118 valence electrons. The SMILES string of the molecule is CCC1(C)CC(NC(CC(=O)OC)c2cccs2)CCO1. The highest BCUT2D eigenvalue weighted by molar-refractivity contribution is 7.10. The van der Waals surface area contributed by atoms with Crippen LogP contribution in [-0.2, 0) is 14.3 Å². The van der Waals surface area contributed by atoms with Crippen molar-refractivity contribution in [3.05, 3.63) is 22.4 Å². The van der Waals surface area contributed by atoms with Crippen LogP contribution in [0.15, 0.2) is 17.5 Å². The van der Waals surface area contributed by atoms with Crippen LogP contribution in [-0.4, -0.2) is 31.3 Å². The molecule has 0 spiro atoms. The molecule has 0 radical (unpaired) electrons. The van der Waals surface area contributed by atoms with Gasteiger partial charge in [-0.05, 0) is 37.6 Å². The maximum absolute atomic E-state index is 11.7. The highest BCUT2D eigenvalue weighted by Gasteiger charge is 2.33. The summed E-state index contributed by atoms with van der Waals surface area (Å²) in [5, 5.41) is 5.69. The highest BCUT2D eigenvalue weighted by atomic mass is 32.1. The summed E-state index contributed by atoms with van der Waals surface area (Å²) in [6.07, 6.45) is 3.34. The number of esters is 1. The van der Waals surface area contributed by atoms with Crippen molar-refractivity contribution in [1.82, 2.24) is 5.32 Å². The van der Waals surface area contributed by atoms with E-state index in [2.05, 4.69) is 25.2 Å². The lowest BCUT2D eigenvalue weighted by Crippen LogP contribution is -2.46. The van der Waals surface area contributed by atoms with Gasteiger partial charge >= 0.3 is 5.97 Å². The number of thiophene rings is 1. The number of ether oxygens (including phenoxy) is 2. The van der Waals surface area contributed by atoms with Gasteiger partial charge in [0.05, 0.1) is 25.2 Å². The third kappa shape index (κ3) is 4.53. The summed E-state index contributed by atoms with van der Waals surface area (Å²) < 4.78 is 10.7. The zero-order valence-electron chi connectivity index (χ0n) is 13.1. The van der Waals surface area contributed by atoms with E-state index in [1.54, 1.807) is 11.3 Å². The lowest BCUT2D eigenvalue weighted by molar-refractivity contribution is -0.141. The number of carbonyl (C=O) groups is 1. The van der Waals surface area contributed by atoms with Gasteiger partial charge in [-0.15, -0.1) is 11.3 Å². The maximum atomic E-state index is 11.7. The number of methoxy groups -OCH3 is 1. The molecule has 3 atom stereocenters. The zero-order valence-corrected chi connectivity index (χ0v) is 13.9. The molecule has 1 saturated heterocycles. The number of hydrogen-bond acceptors (Lipinski definition) is 5. The summed E-state index contributed by atoms with van der Waals surface area (Å²) in [7, 11) is 1.44. The van der Waals surface area contributed by atoms with E-state index in [0.29, 0.717) is 12.5 Å². The van der Waals surface area contributed by atoms with Gasteiger partial charge in [-0.1, -0.05) is 13.0 Å². The van der Waals surface area contributed by atoms with Gasteiger partial charge in [-0.25, -0.2) is 0 Å². The van der Waals surface area contributed by atoms with Gasteiger partial charge in [0, 0.05) is 17.5 Å². The molecule has 1 aromatic heterocycles. The summed E-state index contributed by atoms with van der Waals surface area (Å²) in [5.74, 6) is -0.175. The number of hydrogen-bond donors (Lipinski definition) is 1. The van der Waals surface area contributed by atoms with E-state index in [-0.39, 0.29) is 17.6 Å². The molecule has 0 saturated carbocycles. The van der Waals surface area contributed by atoms with Crippen molar-refractivity contribution >= 4 is 17.3 Å². The zero-order chi connectivity index (χ0) is 15.3. The van der Waals surface area contributed by atoms with Crippen LogP contribution in [0.3, 0.4) is 0 Å². The van der Waals surface area contributed by atoms with Crippen LogP contribution in [0.1, 0.15) is 50.4 Å². The van der Waals surface area contributed by atoms with Crippen LogP contribution in [0.5, 0.6) is 0 Å². The van der Waals surface area contributed by atoms with Crippen LogP contribution in [0, 0.1) is 0 Å². The quantitative estimate of drug-likeness (QED) is 0.819. The summed E-state index contributed by atoms with van der Waals surface area (Å²) in [4.78, 5) is 12.8. The Labute approximate surface area is 130 Å². The van der Waals surface area contributed by atoms with Crippen molar-refractivity contribution in [1.29, 1.82) is 0 Å². The Morgan fingerprint density at radius 3 is 3.10 bits per heavy atom. The van der Waals surface area contributed by atoms with Crippen LogP contribution < -0.4 is 5.32 Å². The van der Waals surface area contributed by atoms with E-state index in [0.717, 1.165) is 25.9 Å². The molecule has 1 aromatic rings. The molecule has 0 aliphatic carbocycles. The van der Waals surface area contributed by atoms with Gasteiger partial charge in [-0.3, -0.25) is 4.79 Å². The lowest BCUT2D eigenvalue weighted by Gasteiger charge is -2.39. The Balaban J connectivity index is 2.03. The topological polar surface area (TPSA) is 47.6 Å². The smallest absolute Gasteiger partial charge is 0.307 e. The molecule has 2 heterocycles. The molecule has 0 amide bonds. The van der Waals surface area contributed by atoms with E-state index in [9.17, 15) is 4.79 Å². The Bertz CT molecular complexity index is 448. The van der Waals surface area contributed by atoms with E-state index in [1.807, 2.05) is 11.4 Å². The lowest BCUT2D eigenvalue weighted by atomic mass is 9.89. The van der Waals surface area contributed by atoms with Crippen molar-refractivity contribution in [2.45, 2.75) is 57.2 Å². The van der Waals surface area contributed by atoms with E-state index in [1.165, 1.54) is 12.0 Å². The fourth-order valence-electron chi connectivity index (χ4n) is 2.78. The standard InChI is InChI=1S/C16H25NO3S/c1-4-16(2)11-12(7-8-20-16)17-13(10-15(18)19-3)14-6-5-9-21-14/h5-6,9,12-13,17H,4,7-8,10-11H2,1-3H3. The van der Waals surface area contributed by atoms with Crippen molar-refractivity contribution in [2.75, 3.05) is 13.7 Å². The molecule has 1 fully saturated rings. The van der Waals surface area contributed by atoms with Crippen molar-refractivity contribution in [2.24, 2.45) is 0 Å². The first kappa shape index (κ1) is 16.5. The molecular formula is C16H25NO3S. The number of carbonyl (C=O) groups excluding carboxylic acids is 1. The minimum Gasteiger partial charge on any atom is -0.469 e. The number of nitrogens with one attached hydrogen (secondary N) is 1. The minimum absolute atomic E-state index is 0.0293. The molecule has 2 rings (SSSR count). The molecular weight excluding hydrogens is 286 g/mol. The second-order valence-electron chi connectivity index (χ2n) is 5.86. The average molecular weight is 311 g/mol. The van der Waals surface area contributed by atoms with Crippen LogP contribution in [0.25, 0.3) is 0 Å². The summed E-state index contributed by atoms with van der Waals surface area (Å²) >= 11 is 1.68. The van der Waals surface area contributed by atoms with E-state index in [4.69, 9.17) is 9.47 Å². The first-order valence-electron chi connectivity index (χ1n) is 7.56. The Hall–Kier alpha value is -0.910. The summed E-state index contributed by atoms with van der Waals surface area (Å²) in [5.41, 5.74) is -0.0544. The Morgan fingerprint density at radius 2 is 2.48 bits per heavy atom. The second kappa shape index (κ2) is 7.38. The molecule has 3 unspecified atom stereocenters. The molecule has 0 aromatic carbocycles. The summed E-state index contributed by atoms with van der Waals surface area (Å²) in [6.45, 7) is 5.10. The van der Waals surface area contributed by atoms with Crippen LogP contribution in [0.2, 0.25) is 0 Å². The van der Waals surface area contributed by atoms with Gasteiger partial charge in [0.15, 0.2) is 0 Å². The molecule has 1 N–H and O–H groups in total. The van der Waals surface area contributed by atoms with E-state index >= 15 is 0 Å². The molecule has 1 aliphatic rings.